The standard InChI is InChI=1S/C11H18N4O2S2/c1-7-6-8(2)15-11(9(7)10(12)18)13-4-5-14-19(3,16)17/h6,14H,4-5H2,1-3H3,(H2,12,18)(H,13,15). The smallest absolute Gasteiger partial charge is 0.208 e. The van der Waals surface area contributed by atoms with Crippen LogP contribution in [0.25, 0.3) is 0 Å². The number of hydrogen-bond acceptors (Lipinski definition) is 5. The summed E-state index contributed by atoms with van der Waals surface area (Å²) >= 11 is 5.00. The molecular weight excluding hydrogens is 284 g/mol. The van der Waals surface area contributed by atoms with Gasteiger partial charge in [-0.05, 0) is 25.5 Å². The van der Waals surface area contributed by atoms with E-state index in [2.05, 4.69) is 15.0 Å². The summed E-state index contributed by atoms with van der Waals surface area (Å²) in [5.41, 5.74) is 8.16. The Morgan fingerprint density at radius 1 is 1.42 bits per heavy atom. The summed E-state index contributed by atoms with van der Waals surface area (Å²) in [5.74, 6) is 0.584. The molecule has 0 aromatic carbocycles. The lowest BCUT2D eigenvalue weighted by Gasteiger charge is -2.13. The molecule has 4 N–H and O–H groups in total. The van der Waals surface area contributed by atoms with Gasteiger partial charge in [-0.3, -0.25) is 0 Å². The van der Waals surface area contributed by atoms with E-state index in [1.165, 1.54) is 0 Å². The maximum Gasteiger partial charge on any atom is 0.208 e. The van der Waals surface area contributed by atoms with Crippen LogP contribution in [-0.4, -0.2) is 37.7 Å². The van der Waals surface area contributed by atoms with Crippen LogP contribution in [0.4, 0.5) is 5.82 Å². The highest BCUT2D eigenvalue weighted by molar-refractivity contribution is 7.88. The number of nitrogens with one attached hydrogen (secondary N) is 2. The number of pyridine rings is 1. The van der Waals surface area contributed by atoms with Gasteiger partial charge >= 0.3 is 0 Å². The molecule has 0 bridgehead atoms. The van der Waals surface area contributed by atoms with Gasteiger partial charge in [0.05, 0.1) is 11.8 Å². The highest BCUT2D eigenvalue weighted by Gasteiger charge is 2.11. The minimum Gasteiger partial charge on any atom is -0.389 e. The normalized spacial score (nSPS) is 11.3. The molecule has 1 rings (SSSR count). The summed E-state index contributed by atoms with van der Waals surface area (Å²) in [6.07, 6.45) is 1.11. The molecule has 6 nitrogen and oxygen atoms in total. The molecule has 0 saturated carbocycles. The molecule has 0 aliphatic rings. The molecule has 0 aliphatic carbocycles. The van der Waals surface area contributed by atoms with Crippen molar-refractivity contribution in [3.8, 4) is 0 Å². The van der Waals surface area contributed by atoms with E-state index in [1.807, 2.05) is 19.9 Å². The highest BCUT2D eigenvalue weighted by atomic mass is 32.2. The van der Waals surface area contributed by atoms with E-state index in [-0.39, 0.29) is 11.5 Å². The maximum atomic E-state index is 10.9. The Morgan fingerprint density at radius 3 is 2.58 bits per heavy atom. The molecule has 0 aliphatic heterocycles. The van der Waals surface area contributed by atoms with Crippen molar-refractivity contribution in [1.29, 1.82) is 0 Å². The fraction of sp³-hybridized carbons (Fsp3) is 0.455. The molecule has 19 heavy (non-hydrogen) atoms. The van der Waals surface area contributed by atoms with Crippen molar-refractivity contribution >= 4 is 33.0 Å². The summed E-state index contributed by atoms with van der Waals surface area (Å²) < 4.78 is 24.2. The van der Waals surface area contributed by atoms with Crippen LogP contribution < -0.4 is 15.8 Å². The molecule has 8 heteroatoms. The first-order valence-electron chi connectivity index (χ1n) is 5.67. The molecular formula is C11H18N4O2S2. The SMILES string of the molecule is Cc1cc(C)c(C(N)=S)c(NCCNS(C)(=O)=O)n1. The van der Waals surface area contributed by atoms with Crippen LogP contribution in [0.2, 0.25) is 0 Å². The second-order valence-electron chi connectivity index (χ2n) is 4.26. The predicted octanol–water partition coefficient (Wildman–Crippen LogP) is 0.294. The van der Waals surface area contributed by atoms with Gasteiger partial charge < -0.3 is 11.1 Å². The topological polar surface area (TPSA) is 97.1 Å². The van der Waals surface area contributed by atoms with Crippen molar-refractivity contribution in [3.63, 3.8) is 0 Å². The predicted molar refractivity (Wildman–Crippen MR) is 80.9 cm³/mol. The summed E-state index contributed by atoms with van der Waals surface area (Å²) in [7, 11) is -3.18. The molecule has 1 aromatic heterocycles. The summed E-state index contributed by atoms with van der Waals surface area (Å²) in [4.78, 5) is 4.60. The third kappa shape index (κ3) is 5.09. The minimum absolute atomic E-state index is 0.267. The Morgan fingerprint density at radius 2 is 2.05 bits per heavy atom. The van der Waals surface area contributed by atoms with Crippen molar-refractivity contribution < 1.29 is 8.42 Å². The summed E-state index contributed by atoms with van der Waals surface area (Å²) in [5, 5.41) is 3.04. The average Bonchev–Trinajstić information content (AvgIpc) is 2.21. The zero-order valence-corrected chi connectivity index (χ0v) is 12.8. The third-order valence-electron chi connectivity index (χ3n) is 2.37. The molecule has 0 unspecified atom stereocenters. The van der Waals surface area contributed by atoms with Gasteiger partial charge in [0, 0.05) is 18.8 Å². The Labute approximate surface area is 118 Å². The van der Waals surface area contributed by atoms with Crippen molar-refractivity contribution in [3.05, 3.63) is 22.9 Å². The van der Waals surface area contributed by atoms with Crippen molar-refractivity contribution in [2.75, 3.05) is 24.7 Å². The van der Waals surface area contributed by atoms with Crippen LogP contribution in [0, 0.1) is 13.8 Å². The van der Waals surface area contributed by atoms with Gasteiger partial charge in [0.25, 0.3) is 0 Å². The van der Waals surface area contributed by atoms with Gasteiger partial charge in [0.1, 0.15) is 10.8 Å². The van der Waals surface area contributed by atoms with E-state index in [0.717, 1.165) is 17.5 Å². The Balaban J connectivity index is 2.80. The van der Waals surface area contributed by atoms with Crippen LogP contribution >= 0.6 is 12.2 Å². The molecule has 0 amide bonds. The van der Waals surface area contributed by atoms with Gasteiger partial charge in [0.15, 0.2) is 0 Å². The zero-order valence-electron chi connectivity index (χ0n) is 11.1. The number of sulfonamides is 1. The van der Waals surface area contributed by atoms with Crippen LogP contribution in [0.15, 0.2) is 6.07 Å². The first-order valence-corrected chi connectivity index (χ1v) is 7.97. The molecule has 0 radical (unpaired) electrons. The maximum absolute atomic E-state index is 10.9. The van der Waals surface area contributed by atoms with E-state index in [9.17, 15) is 8.42 Å². The lowest BCUT2D eigenvalue weighted by atomic mass is 10.1. The quantitative estimate of drug-likeness (QED) is 0.516. The number of rotatable bonds is 6. The van der Waals surface area contributed by atoms with Crippen molar-refractivity contribution in [2.45, 2.75) is 13.8 Å². The van der Waals surface area contributed by atoms with Crippen molar-refractivity contribution in [2.24, 2.45) is 5.73 Å². The highest BCUT2D eigenvalue weighted by Crippen LogP contribution is 2.18. The Bertz CT molecular complexity index is 585. The minimum atomic E-state index is -3.18. The number of hydrogen-bond donors (Lipinski definition) is 3. The second kappa shape index (κ2) is 6.27. The number of anilines is 1. The molecule has 1 heterocycles. The van der Waals surface area contributed by atoms with Crippen LogP contribution in [0.3, 0.4) is 0 Å². The molecule has 0 fully saturated rings. The number of nitrogens with zero attached hydrogens (tertiary/aromatic N) is 1. The van der Waals surface area contributed by atoms with Crippen LogP contribution in [-0.2, 0) is 10.0 Å². The van der Waals surface area contributed by atoms with E-state index < -0.39 is 10.0 Å². The van der Waals surface area contributed by atoms with Gasteiger partial charge in [-0.15, -0.1) is 0 Å². The van der Waals surface area contributed by atoms with E-state index in [1.54, 1.807) is 0 Å². The van der Waals surface area contributed by atoms with Gasteiger partial charge in [-0.2, -0.15) is 0 Å². The van der Waals surface area contributed by atoms with Gasteiger partial charge in [0.2, 0.25) is 10.0 Å². The zero-order chi connectivity index (χ0) is 14.6. The lowest BCUT2D eigenvalue weighted by molar-refractivity contribution is 0.589. The average molecular weight is 302 g/mol. The summed E-state index contributed by atoms with van der Waals surface area (Å²) in [6, 6.07) is 1.90. The van der Waals surface area contributed by atoms with Crippen LogP contribution in [0.1, 0.15) is 16.8 Å². The third-order valence-corrected chi connectivity index (χ3v) is 3.31. The molecule has 106 valence electrons. The number of aromatic nitrogens is 1. The van der Waals surface area contributed by atoms with Crippen molar-refractivity contribution in [1.82, 2.24) is 9.71 Å². The Hall–Kier alpha value is -1.25. The second-order valence-corrected chi connectivity index (χ2v) is 6.53. The largest absolute Gasteiger partial charge is 0.389 e. The van der Waals surface area contributed by atoms with Crippen LogP contribution in [0.5, 0.6) is 0 Å². The van der Waals surface area contributed by atoms with Gasteiger partial charge in [-0.25, -0.2) is 18.1 Å². The fourth-order valence-corrected chi connectivity index (χ4v) is 2.42. The molecule has 0 atom stereocenters. The first kappa shape index (κ1) is 15.8. The first-order chi connectivity index (χ1) is 8.70. The van der Waals surface area contributed by atoms with E-state index >= 15 is 0 Å². The van der Waals surface area contributed by atoms with E-state index in [4.69, 9.17) is 18.0 Å². The molecule has 0 spiro atoms. The fourth-order valence-electron chi connectivity index (χ4n) is 1.69. The molecule has 1 aromatic rings. The Kier molecular flexibility index (Phi) is 5.21. The lowest BCUT2D eigenvalue weighted by Crippen LogP contribution is -2.28. The number of nitrogens with two attached hydrogens (primary N) is 1. The number of thiocarbonyl (C=S) groups is 1. The summed E-state index contributed by atoms with van der Waals surface area (Å²) in [6.45, 7) is 4.45. The monoisotopic (exact) mass is 302 g/mol. The molecule has 0 saturated heterocycles. The number of aryl methyl sites for hydroxylation is 2. The van der Waals surface area contributed by atoms with Gasteiger partial charge in [-0.1, -0.05) is 12.2 Å². The van der Waals surface area contributed by atoms with E-state index in [0.29, 0.717) is 17.9 Å².